The van der Waals surface area contributed by atoms with Crippen LogP contribution in [0.1, 0.15) is 25.7 Å². The molecule has 0 spiro atoms. The van der Waals surface area contributed by atoms with Crippen molar-refractivity contribution in [3.05, 3.63) is 0 Å². The predicted octanol–water partition coefficient (Wildman–Crippen LogP) is 0.0204. The number of likely N-dealkylation sites (tertiary alicyclic amines) is 2. The number of ether oxygens (including phenoxy) is 1. The zero-order chi connectivity index (χ0) is 13.8. The topological polar surface area (TPSA) is 66.9 Å². The molecule has 2 rings (SSSR count). The van der Waals surface area contributed by atoms with Gasteiger partial charge in [-0.1, -0.05) is 0 Å². The SMILES string of the molecule is COC(=O)C1CCCN(CCN2C(=O)CCC2=O)C1. The zero-order valence-electron chi connectivity index (χ0n) is 11.3. The molecule has 0 aromatic heterocycles. The lowest BCUT2D eigenvalue weighted by atomic mass is 9.98. The van der Waals surface area contributed by atoms with Crippen LogP contribution in [0.4, 0.5) is 0 Å². The summed E-state index contributed by atoms with van der Waals surface area (Å²) in [4.78, 5) is 38.0. The maximum absolute atomic E-state index is 11.5. The highest BCUT2D eigenvalue weighted by Gasteiger charge is 2.30. The summed E-state index contributed by atoms with van der Waals surface area (Å²) in [6.07, 6.45) is 2.47. The monoisotopic (exact) mass is 268 g/mol. The van der Waals surface area contributed by atoms with Gasteiger partial charge in [-0.2, -0.15) is 0 Å². The maximum Gasteiger partial charge on any atom is 0.309 e. The summed E-state index contributed by atoms with van der Waals surface area (Å²) >= 11 is 0. The lowest BCUT2D eigenvalue weighted by molar-refractivity contribution is -0.148. The standard InChI is InChI=1S/C13H20N2O4/c1-19-13(18)10-3-2-6-14(9-10)7-8-15-11(16)4-5-12(15)17/h10H,2-9H2,1H3. The van der Waals surface area contributed by atoms with Crippen LogP contribution in [0, 0.1) is 5.92 Å². The minimum Gasteiger partial charge on any atom is -0.469 e. The number of hydrogen-bond donors (Lipinski definition) is 0. The average molecular weight is 268 g/mol. The minimum atomic E-state index is -0.168. The first-order valence-corrected chi connectivity index (χ1v) is 6.75. The summed E-state index contributed by atoms with van der Waals surface area (Å²) in [5, 5.41) is 0. The fourth-order valence-corrected chi connectivity index (χ4v) is 2.73. The van der Waals surface area contributed by atoms with E-state index in [-0.39, 0.29) is 23.7 Å². The molecule has 1 atom stereocenters. The molecule has 6 nitrogen and oxygen atoms in total. The van der Waals surface area contributed by atoms with Crippen LogP contribution >= 0.6 is 0 Å². The van der Waals surface area contributed by atoms with E-state index in [1.165, 1.54) is 12.0 Å². The third-order valence-corrected chi connectivity index (χ3v) is 3.83. The van der Waals surface area contributed by atoms with Gasteiger partial charge in [0, 0.05) is 32.5 Å². The highest BCUT2D eigenvalue weighted by Crippen LogP contribution is 2.18. The third-order valence-electron chi connectivity index (χ3n) is 3.83. The summed E-state index contributed by atoms with van der Waals surface area (Å²) in [6, 6.07) is 0. The number of carbonyl (C=O) groups excluding carboxylic acids is 3. The molecular formula is C13H20N2O4. The van der Waals surface area contributed by atoms with Gasteiger partial charge < -0.3 is 9.64 Å². The molecule has 106 valence electrons. The highest BCUT2D eigenvalue weighted by atomic mass is 16.5. The van der Waals surface area contributed by atoms with Crippen molar-refractivity contribution in [1.29, 1.82) is 0 Å². The highest BCUT2D eigenvalue weighted by molar-refractivity contribution is 6.01. The largest absolute Gasteiger partial charge is 0.469 e. The Kier molecular flexibility index (Phi) is 4.52. The first-order valence-electron chi connectivity index (χ1n) is 6.75. The van der Waals surface area contributed by atoms with Crippen molar-refractivity contribution in [1.82, 2.24) is 9.80 Å². The smallest absolute Gasteiger partial charge is 0.309 e. The Morgan fingerprint density at radius 2 is 1.95 bits per heavy atom. The number of piperidine rings is 1. The van der Waals surface area contributed by atoms with Gasteiger partial charge >= 0.3 is 5.97 Å². The molecule has 2 amide bonds. The van der Waals surface area contributed by atoms with Gasteiger partial charge in [0.1, 0.15) is 0 Å². The molecule has 0 saturated carbocycles. The molecular weight excluding hydrogens is 248 g/mol. The number of hydrogen-bond acceptors (Lipinski definition) is 5. The molecule has 6 heteroatoms. The molecule has 2 heterocycles. The molecule has 2 saturated heterocycles. The van der Waals surface area contributed by atoms with Gasteiger partial charge in [0.05, 0.1) is 13.0 Å². The Morgan fingerprint density at radius 1 is 1.26 bits per heavy atom. The first kappa shape index (κ1) is 14.0. The van der Waals surface area contributed by atoms with Gasteiger partial charge in [-0.3, -0.25) is 19.3 Å². The summed E-state index contributed by atoms with van der Waals surface area (Å²) < 4.78 is 4.77. The molecule has 0 bridgehead atoms. The van der Waals surface area contributed by atoms with Crippen LogP contribution in [0.25, 0.3) is 0 Å². The Labute approximate surface area is 112 Å². The van der Waals surface area contributed by atoms with Crippen LogP contribution < -0.4 is 0 Å². The van der Waals surface area contributed by atoms with Crippen molar-refractivity contribution in [2.24, 2.45) is 5.92 Å². The van der Waals surface area contributed by atoms with E-state index in [1.807, 2.05) is 0 Å². The third kappa shape index (κ3) is 3.32. The van der Waals surface area contributed by atoms with Gasteiger partial charge in [0.2, 0.25) is 11.8 Å². The second kappa shape index (κ2) is 6.14. The number of rotatable bonds is 4. The fourth-order valence-electron chi connectivity index (χ4n) is 2.73. The molecule has 19 heavy (non-hydrogen) atoms. The van der Waals surface area contributed by atoms with E-state index in [1.54, 1.807) is 0 Å². The Morgan fingerprint density at radius 3 is 2.58 bits per heavy atom. The summed E-state index contributed by atoms with van der Waals surface area (Å²) in [7, 11) is 1.41. The number of carbonyl (C=O) groups is 3. The summed E-state index contributed by atoms with van der Waals surface area (Å²) in [6.45, 7) is 2.64. The lowest BCUT2D eigenvalue weighted by Gasteiger charge is -2.32. The van der Waals surface area contributed by atoms with E-state index in [2.05, 4.69) is 4.90 Å². The normalized spacial score (nSPS) is 24.9. The fraction of sp³-hybridized carbons (Fsp3) is 0.769. The number of esters is 1. The maximum atomic E-state index is 11.5. The van der Waals surface area contributed by atoms with E-state index >= 15 is 0 Å². The minimum absolute atomic E-state index is 0.0773. The Bertz CT molecular complexity index is 367. The summed E-state index contributed by atoms with van der Waals surface area (Å²) in [5.41, 5.74) is 0. The second-order valence-corrected chi connectivity index (χ2v) is 5.10. The molecule has 2 fully saturated rings. The van der Waals surface area contributed by atoms with Crippen molar-refractivity contribution in [2.75, 3.05) is 33.3 Å². The molecule has 0 radical (unpaired) electrons. The van der Waals surface area contributed by atoms with Crippen molar-refractivity contribution in [3.63, 3.8) is 0 Å². The van der Waals surface area contributed by atoms with E-state index in [0.29, 0.717) is 32.5 Å². The molecule has 1 unspecified atom stereocenters. The predicted molar refractivity (Wildman–Crippen MR) is 67.1 cm³/mol. The van der Waals surface area contributed by atoms with Crippen LogP contribution in [0.3, 0.4) is 0 Å². The lowest BCUT2D eigenvalue weighted by Crippen LogP contribution is -2.44. The molecule has 0 aromatic rings. The van der Waals surface area contributed by atoms with Crippen molar-refractivity contribution < 1.29 is 19.1 Å². The number of amides is 2. The van der Waals surface area contributed by atoms with Crippen LogP contribution in [0.5, 0.6) is 0 Å². The van der Waals surface area contributed by atoms with Crippen LogP contribution in [-0.4, -0.2) is 60.9 Å². The zero-order valence-corrected chi connectivity index (χ0v) is 11.3. The van der Waals surface area contributed by atoms with Crippen LogP contribution in [-0.2, 0) is 19.1 Å². The van der Waals surface area contributed by atoms with Crippen LogP contribution in [0.2, 0.25) is 0 Å². The van der Waals surface area contributed by atoms with E-state index in [4.69, 9.17) is 4.74 Å². The number of methoxy groups -OCH3 is 1. The van der Waals surface area contributed by atoms with Gasteiger partial charge in [-0.25, -0.2) is 0 Å². The van der Waals surface area contributed by atoms with Gasteiger partial charge in [0.15, 0.2) is 0 Å². The average Bonchev–Trinajstić information content (AvgIpc) is 2.75. The quantitative estimate of drug-likeness (QED) is 0.531. The van der Waals surface area contributed by atoms with E-state index < -0.39 is 0 Å². The van der Waals surface area contributed by atoms with E-state index in [0.717, 1.165) is 19.4 Å². The van der Waals surface area contributed by atoms with Gasteiger partial charge in [-0.15, -0.1) is 0 Å². The van der Waals surface area contributed by atoms with Gasteiger partial charge in [0.25, 0.3) is 0 Å². The van der Waals surface area contributed by atoms with Crippen molar-refractivity contribution in [3.8, 4) is 0 Å². The molecule has 2 aliphatic rings. The Balaban J connectivity index is 1.81. The Hall–Kier alpha value is -1.43. The van der Waals surface area contributed by atoms with Crippen molar-refractivity contribution >= 4 is 17.8 Å². The molecule has 2 aliphatic heterocycles. The molecule has 0 N–H and O–H groups in total. The molecule has 0 aromatic carbocycles. The molecule has 0 aliphatic carbocycles. The number of imide groups is 1. The summed E-state index contributed by atoms with van der Waals surface area (Å²) in [5.74, 6) is -0.403. The van der Waals surface area contributed by atoms with Crippen molar-refractivity contribution in [2.45, 2.75) is 25.7 Å². The van der Waals surface area contributed by atoms with Crippen LogP contribution in [0.15, 0.2) is 0 Å². The second-order valence-electron chi connectivity index (χ2n) is 5.10. The van der Waals surface area contributed by atoms with Gasteiger partial charge in [-0.05, 0) is 19.4 Å². The number of nitrogens with zero attached hydrogens (tertiary/aromatic N) is 2. The van der Waals surface area contributed by atoms with E-state index in [9.17, 15) is 14.4 Å². The first-order chi connectivity index (χ1) is 9.11.